The standard InChI is InChI=1S/C17H23N3/c1-13(2)9-18-10-15-11-19-12-20(15)17-8-16(17)14-6-4-3-5-7-14/h3-7,11-13,16-18H,8-10H2,1-2H3. The molecule has 0 amide bonds. The van der Waals surface area contributed by atoms with Crippen molar-refractivity contribution in [3.8, 4) is 0 Å². The second-order valence-corrected chi connectivity index (χ2v) is 6.14. The quantitative estimate of drug-likeness (QED) is 0.871. The third-order valence-electron chi connectivity index (χ3n) is 3.95. The molecule has 0 bridgehead atoms. The van der Waals surface area contributed by atoms with Gasteiger partial charge in [-0.25, -0.2) is 4.98 Å². The molecule has 2 aromatic rings. The SMILES string of the molecule is CC(C)CNCc1cncn1C1CC1c1ccccc1. The molecule has 3 heteroatoms. The summed E-state index contributed by atoms with van der Waals surface area (Å²) in [4.78, 5) is 4.33. The highest BCUT2D eigenvalue weighted by Crippen LogP contribution is 2.51. The minimum Gasteiger partial charge on any atom is -0.330 e. The predicted octanol–water partition coefficient (Wildman–Crippen LogP) is 3.36. The van der Waals surface area contributed by atoms with Crippen molar-refractivity contribution in [1.82, 2.24) is 14.9 Å². The molecule has 1 heterocycles. The second kappa shape index (κ2) is 5.80. The molecule has 1 fully saturated rings. The highest BCUT2D eigenvalue weighted by molar-refractivity contribution is 5.27. The molecule has 0 aliphatic heterocycles. The van der Waals surface area contributed by atoms with E-state index in [1.807, 2.05) is 12.5 Å². The Kier molecular flexibility index (Phi) is 3.88. The van der Waals surface area contributed by atoms with Gasteiger partial charge in [0.25, 0.3) is 0 Å². The molecular weight excluding hydrogens is 246 g/mol. The molecule has 1 N–H and O–H groups in total. The first-order valence-corrected chi connectivity index (χ1v) is 7.52. The summed E-state index contributed by atoms with van der Waals surface area (Å²) in [6.07, 6.45) is 5.21. The van der Waals surface area contributed by atoms with Crippen LogP contribution in [0, 0.1) is 5.92 Å². The first-order valence-electron chi connectivity index (χ1n) is 7.52. The van der Waals surface area contributed by atoms with Gasteiger partial charge in [-0.2, -0.15) is 0 Å². The fourth-order valence-corrected chi connectivity index (χ4v) is 2.80. The molecule has 0 spiro atoms. The van der Waals surface area contributed by atoms with Crippen LogP contribution in [0.25, 0.3) is 0 Å². The van der Waals surface area contributed by atoms with Crippen LogP contribution in [0.1, 0.15) is 43.5 Å². The summed E-state index contributed by atoms with van der Waals surface area (Å²) in [5.41, 5.74) is 2.75. The van der Waals surface area contributed by atoms with E-state index in [2.05, 4.69) is 59.0 Å². The topological polar surface area (TPSA) is 29.9 Å². The summed E-state index contributed by atoms with van der Waals surface area (Å²) in [5, 5.41) is 3.50. The van der Waals surface area contributed by atoms with Crippen LogP contribution in [0.3, 0.4) is 0 Å². The van der Waals surface area contributed by atoms with Crippen molar-refractivity contribution >= 4 is 0 Å². The Bertz CT molecular complexity index is 544. The molecule has 1 aliphatic carbocycles. The first kappa shape index (κ1) is 13.4. The van der Waals surface area contributed by atoms with E-state index >= 15 is 0 Å². The van der Waals surface area contributed by atoms with Gasteiger partial charge >= 0.3 is 0 Å². The number of benzene rings is 1. The first-order chi connectivity index (χ1) is 9.75. The van der Waals surface area contributed by atoms with E-state index in [0.717, 1.165) is 13.1 Å². The van der Waals surface area contributed by atoms with Gasteiger partial charge in [-0.05, 0) is 24.4 Å². The van der Waals surface area contributed by atoms with Crippen molar-refractivity contribution in [3.63, 3.8) is 0 Å². The molecular formula is C17H23N3. The fraction of sp³-hybridized carbons (Fsp3) is 0.471. The summed E-state index contributed by atoms with van der Waals surface area (Å²) >= 11 is 0. The van der Waals surface area contributed by atoms with Gasteiger partial charge in [-0.15, -0.1) is 0 Å². The van der Waals surface area contributed by atoms with E-state index in [1.165, 1.54) is 17.7 Å². The smallest absolute Gasteiger partial charge is 0.0951 e. The van der Waals surface area contributed by atoms with Crippen LogP contribution in [0.5, 0.6) is 0 Å². The number of nitrogens with one attached hydrogen (secondary N) is 1. The predicted molar refractivity (Wildman–Crippen MR) is 81.6 cm³/mol. The highest BCUT2D eigenvalue weighted by Gasteiger charge is 2.40. The molecule has 3 rings (SSSR count). The summed E-state index contributed by atoms with van der Waals surface area (Å²) in [6.45, 7) is 6.43. The van der Waals surface area contributed by atoms with Crippen molar-refractivity contribution in [1.29, 1.82) is 0 Å². The van der Waals surface area contributed by atoms with Crippen molar-refractivity contribution in [2.45, 2.75) is 38.8 Å². The van der Waals surface area contributed by atoms with E-state index in [9.17, 15) is 0 Å². The number of imidazole rings is 1. The summed E-state index contributed by atoms with van der Waals surface area (Å²) in [5.74, 6) is 1.35. The Morgan fingerprint density at radius 2 is 2.10 bits per heavy atom. The minimum atomic E-state index is 0.593. The maximum absolute atomic E-state index is 4.33. The van der Waals surface area contributed by atoms with Gasteiger partial charge in [0.2, 0.25) is 0 Å². The number of rotatable bonds is 6. The van der Waals surface area contributed by atoms with Crippen LogP contribution in [-0.4, -0.2) is 16.1 Å². The normalized spacial score (nSPS) is 21.4. The van der Waals surface area contributed by atoms with Crippen molar-refractivity contribution in [2.24, 2.45) is 5.92 Å². The Morgan fingerprint density at radius 3 is 2.85 bits per heavy atom. The number of aromatic nitrogens is 2. The number of hydrogen-bond acceptors (Lipinski definition) is 2. The van der Waals surface area contributed by atoms with Gasteiger partial charge in [0, 0.05) is 24.7 Å². The third kappa shape index (κ3) is 2.93. The zero-order chi connectivity index (χ0) is 13.9. The van der Waals surface area contributed by atoms with Crippen molar-refractivity contribution in [3.05, 3.63) is 54.1 Å². The third-order valence-corrected chi connectivity index (χ3v) is 3.95. The maximum Gasteiger partial charge on any atom is 0.0951 e. The average molecular weight is 269 g/mol. The lowest BCUT2D eigenvalue weighted by Crippen LogP contribution is -2.20. The molecule has 2 atom stereocenters. The van der Waals surface area contributed by atoms with E-state index in [4.69, 9.17) is 0 Å². The van der Waals surface area contributed by atoms with Gasteiger partial charge in [0.1, 0.15) is 0 Å². The monoisotopic (exact) mass is 269 g/mol. The second-order valence-electron chi connectivity index (χ2n) is 6.14. The van der Waals surface area contributed by atoms with Gasteiger partial charge in [-0.1, -0.05) is 44.2 Å². The van der Waals surface area contributed by atoms with Crippen LogP contribution in [0.4, 0.5) is 0 Å². The molecule has 2 unspecified atom stereocenters. The van der Waals surface area contributed by atoms with Crippen LogP contribution < -0.4 is 5.32 Å². The minimum absolute atomic E-state index is 0.593. The molecule has 1 aromatic carbocycles. The van der Waals surface area contributed by atoms with E-state index in [1.54, 1.807) is 0 Å². The Balaban J connectivity index is 1.63. The van der Waals surface area contributed by atoms with Crippen molar-refractivity contribution < 1.29 is 0 Å². The van der Waals surface area contributed by atoms with Gasteiger partial charge < -0.3 is 9.88 Å². The van der Waals surface area contributed by atoms with Crippen LogP contribution in [-0.2, 0) is 6.54 Å². The summed E-state index contributed by atoms with van der Waals surface area (Å²) in [6, 6.07) is 11.4. The van der Waals surface area contributed by atoms with E-state index in [-0.39, 0.29) is 0 Å². The molecule has 1 aliphatic rings. The molecule has 1 saturated carbocycles. The lowest BCUT2D eigenvalue weighted by Gasteiger charge is -2.10. The number of hydrogen-bond donors (Lipinski definition) is 1. The maximum atomic E-state index is 4.33. The van der Waals surface area contributed by atoms with Crippen LogP contribution in [0.15, 0.2) is 42.9 Å². The Labute approximate surface area is 121 Å². The molecule has 0 saturated heterocycles. The van der Waals surface area contributed by atoms with Crippen LogP contribution in [0.2, 0.25) is 0 Å². The average Bonchev–Trinajstić information content (AvgIpc) is 3.11. The lowest BCUT2D eigenvalue weighted by atomic mass is 10.1. The van der Waals surface area contributed by atoms with Gasteiger partial charge in [0.05, 0.1) is 12.0 Å². The molecule has 0 radical (unpaired) electrons. The van der Waals surface area contributed by atoms with Gasteiger partial charge in [0.15, 0.2) is 0 Å². The summed E-state index contributed by atoms with van der Waals surface area (Å²) in [7, 11) is 0. The molecule has 1 aromatic heterocycles. The van der Waals surface area contributed by atoms with E-state index < -0.39 is 0 Å². The largest absolute Gasteiger partial charge is 0.330 e. The zero-order valence-electron chi connectivity index (χ0n) is 12.3. The fourth-order valence-electron chi connectivity index (χ4n) is 2.80. The molecule has 106 valence electrons. The lowest BCUT2D eigenvalue weighted by molar-refractivity contribution is 0.534. The van der Waals surface area contributed by atoms with Crippen LogP contribution >= 0.6 is 0 Å². The molecule has 20 heavy (non-hydrogen) atoms. The Hall–Kier alpha value is -1.61. The zero-order valence-corrected chi connectivity index (χ0v) is 12.3. The number of nitrogens with zero attached hydrogens (tertiary/aromatic N) is 2. The van der Waals surface area contributed by atoms with Crippen molar-refractivity contribution in [2.75, 3.05) is 6.54 Å². The molecule has 3 nitrogen and oxygen atoms in total. The summed E-state index contributed by atoms with van der Waals surface area (Å²) < 4.78 is 2.35. The highest BCUT2D eigenvalue weighted by atomic mass is 15.1. The Morgan fingerprint density at radius 1 is 1.30 bits per heavy atom. The van der Waals surface area contributed by atoms with E-state index in [0.29, 0.717) is 17.9 Å². The van der Waals surface area contributed by atoms with Gasteiger partial charge in [-0.3, -0.25) is 0 Å².